The summed E-state index contributed by atoms with van der Waals surface area (Å²) in [7, 11) is -3.55. The molecule has 6 nitrogen and oxygen atoms in total. The Balaban J connectivity index is 2.27. The minimum absolute atomic E-state index is 0.228. The highest BCUT2D eigenvalue weighted by molar-refractivity contribution is 8.14. The van der Waals surface area contributed by atoms with Crippen LogP contribution in [0.15, 0.2) is 29.3 Å². The maximum Gasteiger partial charge on any atom is 0.359 e. The summed E-state index contributed by atoms with van der Waals surface area (Å²) in [6, 6.07) is 7.18. The van der Waals surface area contributed by atoms with E-state index in [-0.39, 0.29) is 19.1 Å². The minimum Gasteiger partial charge on any atom is -0.333 e. The smallest absolute Gasteiger partial charge is 0.333 e. The van der Waals surface area contributed by atoms with Crippen LogP contribution in [0, 0.1) is 6.92 Å². The number of carbonyl (C=O) groups excluding carboxylic acids is 1. The zero-order valence-electron chi connectivity index (χ0n) is 14.2. The Morgan fingerprint density at radius 3 is 2.42 bits per heavy atom. The molecule has 1 N–H and O–H groups in total. The van der Waals surface area contributed by atoms with Crippen LogP contribution in [0.2, 0.25) is 0 Å². The van der Waals surface area contributed by atoms with E-state index in [0.717, 1.165) is 11.3 Å². The second-order valence-electron chi connectivity index (χ2n) is 5.19. The molecule has 0 bridgehead atoms. The third-order valence-corrected chi connectivity index (χ3v) is 6.82. The van der Waals surface area contributed by atoms with Crippen molar-refractivity contribution in [3.8, 4) is 0 Å². The highest BCUT2D eigenvalue weighted by Gasteiger charge is 2.41. The van der Waals surface area contributed by atoms with E-state index in [2.05, 4.69) is 10.3 Å². The molecule has 0 aromatic heterocycles. The number of aryl methyl sites for hydroxylation is 1. The van der Waals surface area contributed by atoms with Gasteiger partial charge in [0.2, 0.25) is 0 Å². The third-order valence-electron chi connectivity index (χ3n) is 3.36. The van der Waals surface area contributed by atoms with Crippen molar-refractivity contribution in [2.45, 2.75) is 26.6 Å². The van der Waals surface area contributed by atoms with Gasteiger partial charge < -0.3 is 14.4 Å². The number of hydrogen-bond acceptors (Lipinski definition) is 6. The number of carbonyl (C=O) groups is 1. The molecule has 0 spiro atoms. The lowest BCUT2D eigenvalue weighted by atomic mass is 10.1. The van der Waals surface area contributed by atoms with E-state index >= 15 is 0 Å². The van der Waals surface area contributed by atoms with Gasteiger partial charge in [0, 0.05) is 17.9 Å². The summed E-state index contributed by atoms with van der Waals surface area (Å²) in [6.07, 6.45) is 0. The molecule has 8 heteroatoms. The van der Waals surface area contributed by atoms with Crippen LogP contribution in [0.5, 0.6) is 0 Å². The number of aliphatic imine (C=N–C) groups is 1. The molecule has 0 aliphatic carbocycles. The van der Waals surface area contributed by atoms with Crippen LogP contribution in [-0.4, -0.2) is 42.2 Å². The molecule has 1 amide bonds. The van der Waals surface area contributed by atoms with Crippen molar-refractivity contribution in [2.75, 3.05) is 25.5 Å². The Morgan fingerprint density at radius 1 is 1.29 bits per heavy atom. The number of hydrogen-bond donors (Lipinski definition) is 1. The predicted molar refractivity (Wildman–Crippen MR) is 98.1 cm³/mol. The fourth-order valence-electron chi connectivity index (χ4n) is 2.25. The number of rotatable bonds is 8. The first-order valence-electron chi connectivity index (χ1n) is 7.93. The standard InChI is InChI=1S/C16H23N2O4PS/c1-4-21-23(20,22-5-2)15(16-17-10-11-24-16)18-14(19)13-8-6-12(3)7-9-13/h6-9,15H,4-5,10-11H2,1-3H3,(H,18,19). The zero-order chi connectivity index (χ0) is 17.6. The Bertz CT molecular complexity index is 638. The fraction of sp³-hybridized carbons (Fsp3) is 0.500. The second kappa shape index (κ2) is 8.81. The molecule has 1 aromatic rings. The first kappa shape index (κ1) is 19.2. The summed E-state index contributed by atoms with van der Waals surface area (Å²) >= 11 is 1.47. The normalized spacial score (nSPS) is 15.9. The number of benzene rings is 1. The Kier molecular flexibility index (Phi) is 7.04. The molecular weight excluding hydrogens is 347 g/mol. The molecule has 0 saturated carbocycles. The average molecular weight is 370 g/mol. The van der Waals surface area contributed by atoms with Crippen LogP contribution in [0.1, 0.15) is 29.8 Å². The van der Waals surface area contributed by atoms with E-state index < -0.39 is 13.4 Å². The van der Waals surface area contributed by atoms with Crippen LogP contribution in [-0.2, 0) is 13.6 Å². The van der Waals surface area contributed by atoms with Gasteiger partial charge >= 0.3 is 7.60 Å². The SMILES string of the molecule is CCOP(=O)(OCC)C(NC(=O)c1ccc(C)cc1)C1=NCCS1. The quantitative estimate of drug-likeness (QED) is 0.709. The summed E-state index contributed by atoms with van der Waals surface area (Å²) in [4.78, 5) is 16.9. The van der Waals surface area contributed by atoms with E-state index in [0.29, 0.717) is 17.2 Å². The zero-order valence-corrected chi connectivity index (χ0v) is 15.9. The Hall–Kier alpha value is -1.14. The number of amides is 1. The van der Waals surface area contributed by atoms with Crippen molar-refractivity contribution >= 4 is 30.3 Å². The Morgan fingerprint density at radius 2 is 1.92 bits per heavy atom. The lowest BCUT2D eigenvalue weighted by Crippen LogP contribution is -2.40. The first-order valence-corrected chi connectivity index (χ1v) is 10.5. The van der Waals surface area contributed by atoms with Crippen molar-refractivity contribution in [2.24, 2.45) is 4.99 Å². The van der Waals surface area contributed by atoms with Gasteiger partial charge in [-0.25, -0.2) is 0 Å². The highest BCUT2D eigenvalue weighted by Crippen LogP contribution is 2.54. The predicted octanol–water partition coefficient (Wildman–Crippen LogP) is 3.46. The van der Waals surface area contributed by atoms with E-state index in [1.807, 2.05) is 19.1 Å². The molecule has 1 heterocycles. The van der Waals surface area contributed by atoms with Gasteiger partial charge in [-0.15, -0.1) is 11.8 Å². The molecule has 1 atom stereocenters. The topological polar surface area (TPSA) is 77.0 Å². The summed E-state index contributed by atoms with van der Waals surface area (Å²) < 4.78 is 24.0. The minimum atomic E-state index is -3.55. The van der Waals surface area contributed by atoms with Gasteiger partial charge in [0.1, 0.15) is 5.04 Å². The summed E-state index contributed by atoms with van der Waals surface area (Å²) in [5, 5.41) is 3.40. The molecule has 132 valence electrons. The van der Waals surface area contributed by atoms with E-state index in [1.165, 1.54) is 11.8 Å². The van der Waals surface area contributed by atoms with Crippen molar-refractivity contribution in [1.82, 2.24) is 5.32 Å². The molecule has 24 heavy (non-hydrogen) atoms. The van der Waals surface area contributed by atoms with E-state index in [9.17, 15) is 9.36 Å². The number of nitrogens with one attached hydrogen (secondary N) is 1. The Labute approximate surface area is 146 Å². The monoisotopic (exact) mass is 370 g/mol. The summed E-state index contributed by atoms with van der Waals surface area (Å²) in [5.74, 6) is -0.404. The first-order chi connectivity index (χ1) is 11.5. The van der Waals surface area contributed by atoms with Crippen LogP contribution in [0.3, 0.4) is 0 Å². The molecule has 2 rings (SSSR count). The van der Waals surface area contributed by atoms with E-state index in [1.54, 1.807) is 26.0 Å². The molecule has 0 fully saturated rings. The van der Waals surface area contributed by atoms with Crippen molar-refractivity contribution in [3.05, 3.63) is 35.4 Å². The van der Waals surface area contributed by atoms with Crippen LogP contribution in [0.25, 0.3) is 0 Å². The van der Waals surface area contributed by atoms with Gasteiger partial charge in [0.15, 0.2) is 5.78 Å². The number of thioether (sulfide) groups is 1. The van der Waals surface area contributed by atoms with Crippen molar-refractivity contribution in [3.63, 3.8) is 0 Å². The van der Waals surface area contributed by atoms with Gasteiger partial charge in [0.25, 0.3) is 5.91 Å². The molecular formula is C16H23N2O4PS. The largest absolute Gasteiger partial charge is 0.359 e. The highest BCUT2D eigenvalue weighted by atomic mass is 32.2. The summed E-state index contributed by atoms with van der Waals surface area (Å²) in [5.41, 5.74) is 1.56. The second-order valence-corrected chi connectivity index (χ2v) is 8.41. The molecule has 1 aliphatic rings. The van der Waals surface area contributed by atoms with Gasteiger partial charge in [-0.3, -0.25) is 14.4 Å². The van der Waals surface area contributed by atoms with Crippen LogP contribution in [0.4, 0.5) is 0 Å². The number of nitrogens with zero attached hydrogens (tertiary/aromatic N) is 1. The van der Waals surface area contributed by atoms with Gasteiger partial charge in [-0.1, -0.05) is 17.7 Å². The molecule has 1 aromatic carbocycles. The van der Waals surface area contributed by atoms with Crippen molar-refractivity contribution in [1.29, 1.82) is 0 Å². The summed E-state index contributed by atoms with van der Waals surface area (Å²) in [6.45, 7) is 6.53. The molecule has 0 saturated heterocycles. The maximum absolute atomic E-state index is 13.2. The van der Waals surface area contributed by atoms with Crippen LogP contribution < -0.4 is 5.32 Å². The average Bonchev–Trinajstić information content (AvgIpc) is 3.07. The van der Waals surface area contributed by atoms with Gasteiger partial charge in [-0.05, 0) is 32.9 Å². The third kappa shape index (κ3) is 4.70. The lowest BCUT2D eigenvalue weighted by molar-refractivity contribution is 0.0947. The maximum atomic E-state index is 13.2. The van der Waals surface area contributed by atoms with Crippen LogP contribution >= 0.6 is 19.4 Å². The van der Waals surface area contributed by atoms with E-state index in [4.69, 9.17) is 9.05 Å². The fourth-order valence-corrected chi connectivity index (χ4v) is 5.37. The van der Waals surface area contributed by atoms with Gasteiger partial charge in [-0.2, -0.15) is 0 Å². The molecule has 1 aliphatic heterocycles. The van der Waals surface area contributed by atoms with Crippen molar-refractivity contribution < 1.29 is 18.4 Å². The molecule has 1 unspecified atom stereocenters. The lowest BCUT2D eigenvalue weighted by Gasteiger charge is -2.26. The molecule has 0 radical (unpaired) electrons. The van der Waals surface area contributed by atoms with Gasteiger partial charge in [0.05, 0.1) is 13.2 Å².